The predicted molar refractivity (Wildman–Crippen MR) is 78.9 cm³/mol. The first-order valence-electron chi connectivity index (χ1n) is 6.13. The van der Waals surface area contributed by atoms with Gasteiger partial charge in [-0.15, -0.1) is 0 Å². The first kappa shape index (κ1) is 15.1. The number of primary amides is 1. The monoisotopic (exact) mass is 266 g/mol. The third-order valence-corrected chi connectivity index (χ3v) is 3.79. The van der Waals surface area contributed by atoms with Gasteiger partial charge in [-0.3, -0.25) is 4.79 Å². The fraction of sp³-hybridized carbons (Fsp3) is 0.500. The zero-order valence-corrected chi connectivity index (χ0v) is 12.1. The molecule has 0 bridgehead atoms. The number of rotatable bonds is 7. The number of aryl methyl sites for hydroxylation is 1. The van der Waals surface area contributed by atoms with Gasteiger partial charge >= 0.3 is 0 Å². The summed E-state index contributed by atoms with van der Waals surface area (Å²) >= 11 is 1.87. The summed E-state index contributed by atoms with van der Waals surface area (Å²) in [6.45, 7) is 6.10. The maximum Gasteiger partial charge on any atom is 0.248 e. The molecule has 18 heavy (non-hydrogen) atoms. The van der Waals surface area contributed by atoms with Crippen LogP contribution in [0.5, 0.6) is 0 Å². The molecule has 1 atom stereocenters. The number of carbonyl (C=O) groups excluding carboxylic acids is 1. The molecule has 3 N–H and O–H groups in total. The normalized spacial score (nSPS) is 12.4. The average Bonchev–Trinajstić information content (AvgIpc) is 2.31. The van der Waals surface area contributed by atoms with Crippen LogP contribution in [-0.4, -0.2) is 24.5 Å². The van der Waals surface area contributed by atoms with Crippen molar-refractivity contribution in [2.45, 2.75) is 20.4 Å². The van der Waals surface area contributed by atoms with Gasteiger partial charge in [0.1, 0.15) is 0 Å². The Balaban J connectivity index is 2.50. The largest absolute Gasteiger partial charge is 0.366 e. The molecule has 0 fully saturated rings. The second kappa shape index (κ2) is 7.44. The second-order valence-electron chi connectivity index (χ2n) is 4.70. The summed E-state index contributed by atoms with van der Waals surface area (Å²) in [4.78, 5) is 11.0. The molecular formula is C14H22N2OS. The molecule has 4 heteroatoms. The van der Waals surface area contributed by atoms with Crippen molar-refractivity contribution in [1.29, 1.82) is 0 Å². The van der Waals surface area contributed by atoms with E-state index in [1.54, 1.807) is 6.07 Å². The Labute approximate surface area is 114 Å². The lowest BCUT2D eigenvalue weighted by Gasteiger charge is -2.12. The number of nitrogens with two attached hydrogens (primary N) is 1. The Morgan fingerprint density at radius 3 is 2.78 bits per heavy atom. The summed E-state index contributed by atoms with van der Waals surface area (Å²) in [6, 6.07) is 5.62. The number of thioether (sulfide) groups is 1. The van der Waals surface area contributed by atoms with Crippen molar-refractivity contribution in [3.05, 3.63) is 34.9 Å². The number of hydrogen-bond donors (Lipinski definition) is 2. The molecular weight excluding hydrogens is 244 g/mol. The van der Waals surface area contributed by atoms with Crippen LogP contribution >= 0.6 is 11.8 Å². The molecule has 0 aliphatic carbocycles. The van der Waals surface area contributed by atoms with Gasteiger partial charge in [0.15, 0.2) is 0 Å². The van der Waals surface area contributed by atoms with Gasteiger partial charge in [0, 0.05) is 12.1 Å². The maximum atomic E-state index is 11.0. The van der Waals surface area contributed by atoms with E-state index in [4.69, 9.17) is 5.73 Å². The highest BCUT2D eigenvalue weighted by Gasteiger charge is 2.05. The molecule has 1 aromatic rings. The molecule has 1 unspecified atom stereocenters. The lowest BCUT2D eigenvalue weighted by molar-refractivity contribution is 0.1000. The van der Waals surface area contributed by atoms with Gasteiger partial charge in [-0.05, 0) is 54.7 Å². The van der Waals surface area contributed by atoms with E-state index in [-0.39, 0.29) is 5.91 Å². The highest BCUT2D eigenvalue weighted by Crippen LogP contribution is 2.11. The second-order valence-corrected chi connectivity index (χ2v) is 5.61. The van der Waals surface area contributed by atoms with Crippen molar-refractivity contribution in [2.75, 3.05) is 18.6 Å². The van der Waals surface area contributed by atoms with Crippen molar-refractivity contribution in [2.24, 2.45) is 11.7 Å². The topological polar surface area (TPSA) is 55.1 Å². The van der Waals surface area contributed by atoms with Crippen molar-refractivity contribution in [3.8, 4) is 0 Å². The number of amides is 1. The molecule has 100 valence electrons. The average molecular weight is 266 g/mol. The van der Waals surface area contributed by atoms with Crippen LogP contribution < -0.4 is 11.1 Å². The predicted octanol–water partition coefficient (Wildman–Crippen LogP) is 2.18. The molecule has 0 saturated heterocycles. The van der Waals surface area contributed by atoms with Crippen LogP contribution in [0.4, 0.5) is 0 Å². The Hall–Kier alpha value is -1.00. The van der Waals surface area contributed by atoms with Gasteiger partial charge in [0.25, 0.3) is 0 Å². The van der Waals surface area contributed by atoms with E-state index >= 15 is 0 Å². The van der Waals surface area contributed by atoms with E-state index < -0.39 is 0 Å². The molecule has 1 rings (SSSR count). The van der Waals surface area contributed by atoms with Crippen LogP contribution in [0.3, 0.4) is 0 Å². The van der Waals surface area contributed by atoms with E-state index in [9.17, 15) is 4.79 Å². The molecule has 3 nitrogen and oxygen atoms in total. The third kappa shape index (κ3) is 4.70. The summed E-state index contributed by atoms with van der Waals surface area (Å²) in [7, 11) is 0. The van der Waals surface area contributed by atoms with E-state index in [1.165, 1.54) is 11.3 Å². The smallest absolute Gasteiger partial charge is 0.248 e. The van der Waals surface area contributed by atoms with Crippen molar-refractivity contribution in [3.63, 3.8) is 0 Å². The van der Waals surface area contributed by atoms with Gasteiger partial charge in [-0.1, -0.05) is 13.0 Å². The van der Waals surface area contributed by atoms with Crippen LogP contribution in [0.1, 0.15) is 28.4 Å². The molecule has 0 heterocycles. The minimum atomic E-state index is -0.369. The molecule has 1 aromatic carbocycles. The number of nitrogens with one attached hydrogen (secondary N) is 1. The van der Waals surface area contributed by atoms with Crippen LogP contribution in [0.2, 0.25) is 0 Å². The van der Waals surface area contributed by atoms with Crippen molar-refractivity contribution >= 4 is 17.7 Å². The van der Waals surface area contributed by atoms with Gasteiger partial charge in [-0.2, -0.15) is 11.8 Å². The van der Waals surface area contributed by atoms with Gasteiger partial charge in [0.2, 0.25) is 5.91 Å². The SMILES string of the molecule is CSCC(C)CNCc1ccc(C(N)=O)cc1C. The Morgan fingerprint density at radius 2 is 2.22 bits per heavy atom. The number of hydrogen-bond acceptors (Lipinski definition) is 3. The summed E-state index contributed by atoms with van der Waals surface area (Å²) in [5, 5.41) is 3.45. The molecule has 1 amide bonds. The third-order valence-electron chi connectivity index (χ3n) is 2.89. The van der Waals surface area contributed by atoms with E-state index in [1.807, 2.05) is 30.8 Å². The fourth-order valence-electron chi connectivity index (χ4n) is 1.84. The molecule has 0 spiro atoms. The fourth-order valence-corrected chi connectivity index (χ4v) is 2.53. The lowest BCUT2D eigenvalue weighted by Crippen LogP contribution is -2.22. The van der Waals surface area contributed by atoms with Gasteiger partial charge < -0.3 is 11.1 Å². The minimum absolute atomic E-state index is 0.369. The molecule has 0 aliphatic rings. The molecule has 0 saturated carbocycles. The van der Waals surface area contributed by atoms with E-state index in [0.29, 0.717) is 11.5 Å². The Kier molecular flexibility index (Phi) is 6.22. The summed E-state index contributed by atoms with van der Waals surface area (Å²) in [5.41, 5.74) is 8.15. The highest BCUT2D eigenvalue weighted by atomic mass is 32.2. The first-order chi connectivity index (χ1) is 8.54. The molecule has 0 radical (unpaired) electrons. The number of carbonyl (C=O) groups is 1. The maximum absolute atomic E-state index is 11.0. The minimum Gasteiger partial charge on any atom is -0.366 e. The van der Waals surface area contributed by atoms with Crippen LogP contribution in [-0.2, 0) is 6.54 Å². The molecule has 0 aromatic heterocycles. The van der Waals surface area contributed by atoms with Crippen molar-refractivity contribution < 1.29 is 4.79 Å². The van der Waals surface area contributed by atoms with Crippen LogP contribution in [0.25, 0.3) is 0 Å². The van der Waals surface area contributed by atoms with E-state index in [0.717, 1.165) is 18.7 Å². The zero-order valence-electron chi connectivity index (χ0n) is 11.3. The van der Waals surface area contributed by atoms with Crippen LogP contribution in [0, 0.1) is 12.8 Å². The quantitative estimate of drug-likeness (QED) is 0.795. The van der Waals surface area contributed by atoms with Gasteiger partial charge in [-0.25, -0.2) is 0 Å². The van der Waals surface area contributed by atoms with Gasteiger partial charge in [0.05, 0.1) is 0 Å². The lowest BCUT2D eigenvalue weighted by atomic mass is 10.0. The Morgan fingerprint density at radius 1 is 1.50 bits per heavy atom. The highest BCUT2D eigenvalue weighted by molar-refractivity contribution is 7.98. The van der Waals surface area contributed by atoms with Crippen LogP contribution in [0.15, 0.2) is 18.2 Å². The standard InChI is InChI=1S/C14H22N2OS/c1-10(9-18-3)7-16-8-13-5-4-12(14(15)17)6-11(13)2/h4-6,10,16H,7-9H2,1-3H3,(H2,15,17). The first-order valence-corrected chi connectivity index (χ1v) is 7.53. The zero-order chi connectivity index (χ0) is 13.5. The van der Waals surface area contributed by atoms with Crippen molar-refractivity contribution in [1.82, 2.24) is 5.32 Å². The number of benzene rings is 1. The van der Waals surface area contributed by atoms with E-state index in [2.05, 4.69) is 18.5 Å². The molecule has 0 aliphatic heterocycles. The summed E-state index contributed by atoms with van der Waals surface area (Å²) in [5.74, 6) is 1.48. The summed E-state index contributed by atoms with van der Waals surface area (Å²) in [6.07, 6.45) is 2.13. The summed E-state index contributed by atoms with van der Waals surface area (Å²) < 4.78 is 0. The Bertz CT molecular complexity index is 407.